The van der Waals surface area contributed by atoms with Crippen LogP contribution < -0.4 is 5.32 Å². The van der Waals surface area contributed by atoms with Crippen LogP contribution in [0.1, 0.15) is 12.8 Å². The Morgan fingerprint density at radius 2 is 2.21 bits per heavy atom. The topological polar surface area (TPSA) is 58.0 Å². The molecule has 2 N–H and O–H groups in total. The van der Waals surface area contributed by atoms with E-state index in [4.69, 9.17) is 28.3 Å². The Kier molecular flexibility index (Phi) is 2.51. The molecule has 1 aliphatic rings. The van der Waals surface area contributed by atoms with Crippen LogP contribution in [-0.2, 0) is 0 Å². The minimum Gasteiger partial charge on any atom is -0.394 e. The Morgan fingerprint density at radius 3 is 2.79 bits per heavy atom. The SMILES string of the molecule is OCC1(Nc2nc(Cl)ncc2Cl)CC1. The Bertz CT molecular complexity index is 354. The molecule has 0 aliphatic heterocycles. The lowest BCUT2D eigenvalue weighted by molar-refractivity contribution is 0.266. The molecule has 1 aromatic rings. The Labute approximate surface area is 91.3 Å². The van der Waals surface area contributed by atoms with E-state index in [1.165, 1.54) is 6.20 Å². The minimum atomic E-state index is -0.249. The fourth-order valence-corrected chi connectivity index (χ4v) is 1.43. The smallest absolute Gasteiger partial charge is 0.224 e. The van der Waals surface area contributed by atoms with E-state index in [-0.39, 0.29) is 17.4 Å². The van der Waals surface area contributed by atoms with Crippen LogP contribution in [-0.4, -0.2) is 27.2 Å². The fourth-order valence-electron chi connectivity index (χ4n) is 1.16. The van der Waals surface area contributed by atoms with Crippen molar-refractivity contribution in [3.05, 3.63) is 16.5 Å². The van der Waals surface area contributed by atoms with E-state index in [0.717, 1.165) is 12.8 Å². The molecule has 0 spiro atoms. The zero-order valence-corrected chi connectivity index (χ0v) is 8.81. The maximum atomic E-state index is 9.10. The summed E-state index contributed by atoms with van der Waals surface area (Å²) in [7, 11) is 0. The lowest BCUT2D eigenvalue weighted by Crippen LogP contribution is -2.26. The van der Waals surface area contributed by atoms with E-state index in [0.29, 0.717) is 10.8 Å². The number of rotatable bonds is 3. The molecule has 0 unspecified atom stereocenters. The third-order valence-electron chi connectivity index (χ3n) is 2.25. The molecule has 0 aromatic carbocycles. The number of halogens is 2. The first kappa shape index (κ1) is 9.96. The molecule has 76 valence electrons. The number of nitrogens with zero attached hydrogens (tertiary/aromatic N) is 2. The number of aromatic nitrogens is 2. The molecule has 1 fully saturated rings. The number of anilines is 1. The third-order valence-corrected chi connectivity index (χ3v) is 2.71. The van der Waals surface area contributed by atoms with Gasteiger partial charge < -0.3 is 10.4 Å². The van der Waals surface area contributed by atoms with Crippen molar-refractivity contribution in [2.24, 2.45) is 0 Å². The zero-order valence-electron chi connectivity index (χ0n) is 7.30. The van der Waals surface area contributed by atoms with Crippen molar-refractivity contribution < 1.29 is 5.11 Å². The maximum Gasteiger partial charge on any atom is 0.224 e. The summed E-state index contributed by atoms with van der Waals surface area (Å²) < 4.78 is 0. The van der Waals surface area contributed by atoms with Gasteiger partial charge in [0.15, 0.2) is 0 Å². The fraction of sp³-hybridized carbons (Fsp3) is 0.500. The van der Waals surface area contributed by atoms with Crippen molar-refractivity contribution in [2.45, 2.75) is 18.4 Å². The summed E-state index contributed by atoms with van der Waals surface area (Å²) in [4.78, 5) is 7.68. The van der Waals surface area contributed by atoms with Gasteiger partial charge >= 0.3 is 0 Å². The highest BCUT2D eigenvalue weighted by molar-refractivity contribution is 6.33. The van der Waals surface area contributed by atoms with E-state index < -0.39 is 0 Å². The van der Waals surface area contributed by atoms with Crippen LogP contribution in [0.25, 0.3) is 0 Å². The molecule has 0 amide bonds. The number of hydrogen-bond acceptors (Lipinski definition) is 4. The van der Waals surface area contributed by atoms with Gasteiger partial charge in [0.1, 0.15) is 10.8 Å². The summed E-state index contributed by atoms with van der Waals surface area (Å²) in [5, 5.41) is 12.7. The first-order valence-corrected chi connectivity index (χ1v) is 4.98. The lowest BCUT2D eigenvalue weighted by atomic mass is 10.3. The van der Waals surface area contributed by atoms with Gasteiger partial charge in [0.05, 0.1) is 18.3 Å². The van der Waals surface area contributed by atoms with Crippen LogP contribution in [0.5, 0.6) is 0 Å². The normalized spacial score (nSPS) is 17.9. The molecule has 0 atom stereocenters. The maximum absolute atomic E-state index is 9.10. The van der Waals surface area contributed by atoms with Crippen LogP contribution in [0.15, 0.2) is 6.20 Å². The quantitative estimate of drug-likeness (QED) is 0.782. The van der Waals surface area contributed by atoms with Crippen molar-refractivity contribution in [1.29, 1.82) is 0 Å². The Morgan fingerprint density at radius 1 is 1.50 bits per heavy atom. The summed E-state index contributed by atoms with van der Waals surface area (Å²) in [6, 6.07) is 0. The largest absolute Gasteiger partial charge is 0.394 e. The molecule has 0 radical (unpaired) electrons. The Balaban J connectivity index is 2.20. The third kappa shape index (κ3) is 1.92. The summed E-state index contributed by atoms with van der Waals surface area (Å²) in [6.07, 6.45) is 3.27. The van der Waals surface area contributed by atoms with Gasteiger partial charge in [-0.05, 0) is 24.4 Å². The molecule has 1 aliphatic carbocycles. The molecule has 14 heavy (non-hydrogen) atoms. The summed E-state index contributed by atoms with van der Waals surface area (Å²) in [6.45, 7) is 0.0744. The molecular formula is C8H9Cl2N3O. The van der Waals surface area contributed by atoms with Crippen LogP contribution >= 0.6 is 23.2 Å². The summed E-state index contributed by atoms with van der Waals surface area (Å²) >= 11 is 11.5. The van der Waals surface area contributed by atoms with Crippen LogP contribution in [0.3, 0.4) is 0 Å². The average Bonchev–Trinajstić information content (AvgIpc) is 2.92. The molecule has 4 nitrogen and oxygen atoms in total. The molecule has 1 saturated carbocycles. The Hall–Kier alpha value is -0.580. The van der Waals surface area contributed by atoms with Crippen molar-refractivity contribution in [1.82, 2.24) is 9.97 Å². The van der Waals surface area contributed by atoms with Crippen LogP contribution in [0, 0.1) is 0 Å². The molecule has 1 aromatic heterocycles. The van der Waals surface area contributed by atoms with Crippen molar-refractivity contribution in [3.8, 4) is 0 Å². The van der Waals surface area contributed by atoms with E-state index in [2.05, 4.69) is 15.3 Å². The molecular weight excluding hydrogens is 225 g/mol. The highest BCUT2D eigenvalue weighted by Crippen LogP contribution is 2.39. The van der Waals surface area contributed by atoms with Gasteiger partial charge in [-0.2, -0.15) is 4.98 Å². The van der Waals surface area contributed by atoms with Gasteiger partial charge in [0.25, 0.3) is 0 Å². The van der Waals surface area contributed by atoms with Gasteiger partial charge in [-0.1, -0.05) is 11.6 Å². The van der Waals surface area contributed by atoms with Gasteiger partial charge in [-0.15, -0.1) is 0 Å². The lowest BCUT2D eigenvalue weighted by Gasteiger charge is -2.15. The first-order chi connectivity index (χ1) is 6.65. The summed E-state index contributed by atoms with van der Waals surface area (Å²) in [5.41, 5.74) is -0.249. The second-order valence-electron chi connectivity index (χ2n) is 3.40. The standard InChI is InChI=1S/C8H9Cl2N3O/c9-5-3-11-7(10)12-6(5)13-8(4-14)1-2-8/h3,14H,1-2,4H2,(H,11,12,13). The van der Waals surface area contributed by atoms with Crippen molar-refractivity contribution in [2.75, 3.05) is 11.9 Å². The average molecular weight is 234 g/mol. The van der Waals surface area contributed by atoms with Gasteiger partial charge in [0, 0.05) is 0 Å². The predicted octanol–water partition coefficient (Wildman–Crippen LogP) is 1.72. The summed E-state index contributed by atoms with van der Waals surface area (Å²) in [5.74, 6) is 0.484. The van der Waals surface area contributed by atoms with E-state index in [1.807, 2.05) is 0 Å². The minimum absolute atomic E-state index is 0.0744. The second-order valence-corrected chi connectivity index (χ2v) is 4.14. The molecule has 1 heterocycles. The van der Waals surface area contributed by atoms with E-state index >= 15 is 0 Å². The van der Waals surface area contributed by atoms with Crippen LogP contribution in [0.4, 0.5) is 5.82 Å². The number of aliphatic hydroxyl groups excluding tert-OH is 1. The number of aliphatic hydroxyl groups is 1. The van der Waals surface area contributed by atoms with Gasteiger partial charge in [-0.25, -0.2) is 4.98 Å². The highest BCUT2D eigenvalue weighted by atomic mass is 35.5. The van der Waals surface area contributed by atoms with E-state index in [9.17, 15) is 0 Å². The van der Waals surface area contributed by atoms with Gasteiger partial charge in [-0.3, -0.25) is 0 Å². The monoisotopic (exact) mass is 233 g/mol. The number of hydrogen-bond donors (Lipinski definition) is 2. The molecule has 6 heteroatoms. The second kappa shape index (κ2) is 3.53. The predicted molar refractivity (Wildman–Crippen MR) is 54.7 cm³/mol. The molecule has 0 bridgehead atoms. The molecule has 2 rings (SSSR count). The van der Waals surface area contributed by atoms with Crippen molar-refractivity contribution >= 4 is 29.0 Å². The first-order valence-electron chi connectivity index (χ1n) is 4.22. The van der Waals surface area contributed by atoms with E-state index in [1.54, 1.807) is 0 Å². The number of nitrogens with one attached hydrogen (secondary N) is 1. The van der Waals surface area contributed by atoms with Gasteiger partial charge in [0.2, 0.25) is 5.28 Å². The van der Waals surface area contributed by atoms with Crippen molar-refractivity contribution in [3.63, 3.8) is 0 Å². The van der Waals surface area contributed by atoms with Crippen LogP contribution in [0.2, 0.25) is 10.3 Å². The zero-order chi connectivity index (χ0) is 10.2. The highest BCUT2D eigenvalue weighted by Gasteiger charge is 2.42. The molecule has 0 saturated heterocycles.